The topological polar surface area (TPSA) is 69.7 Å². The SMILES string of the molecule is CC(=O)Nc1ccc(N2CCN(S(=O)(=O)c3cc(C)ccc3C)CC2)cc1. The fourth-order valence-corrected chi connectivity index (χ4v) is 5.00. The molecule has 2 aromatic carbocycles. The number of nitrogens with one attached hydrogen (secondary N) is 1. The lowest BCUT2D eigenvalue weighted by Crippen LogP contribution is -2.48. The van der Waals surface area contributed by atoms with Gasteiger partial charge in [0.1, 0.15) is 0 Å². The van der Waals surface area contributed by atoms with Gasteiger partial charge in [-0.3, -0.25) is 4.79 Å². The highest BCUT2D eigenvalue weighted by Crippen LogP contribution is 2.25. The van der Waals surface area contributed by atoms with E-state index in [0.717, 1.165) is 22.5 Å². The van der Waals surface area contributed by atoms with Crippen LogP contribution in [0.1, 0.15) is 18.1 Å². The summed E-state index contributed by atoms with van der Waals surface area (Å²) in [5, 5.41) is 2.74. The third kappa shape index (κ3) is 4.31. The van der Waals surface area contributed by atoms with E-state index in [4.69, 9.17) is 0 Å². The lowest BCUT2D eigenvalue weighted by atomic mass is 10.2. The molecule has 7 heteroatoms. The number of hydrogen-bond donors (Lipinski definition) is 1. The smallest absolute Gasteiger partial charge is 0.243 e. The molecule has 1 saturated heterocycles. The van der Waals surface area contributed by atoms with E-state index in [0.29, 0.717) is 31.1 Å². The van der Waals surface area contributed by atoms with E-state index < -0.39 is 10.0 Å². The number of aryl methyl sites for hydroxylation is 2. The maximum absolute atomic E-state index is 13.0. The van der Waals surface area contributed by atoms with Gasteiger partial charge in [-0.1, -0.05) is 12.1 Å². The summed E-state index contributed by atoms with van der Waals surface area (Å²) in [6.07, 6.45) is 0. The number of carbonyl (C=O) groups is 1. The Morgan fingerprint density at radius 2 is 1.59 bits per heavy atom. The molecule has 1 heterocycles. The van der Waals surface area contributed by atoms with Crippen LogP contribution in [0.5, 0.6) is 0 Å². The summed E-state index contributed by atoms with van der Waals surface area (Å²) in [5.41, 5.74) is 3.49. The number of amides is 1. The van der Waals surface area contributed by atoms with Crippen LogP contribution in [-0.4, -0.2) is 44.8 Å². The summed E-state index contributed by atoms with van der Waals surface area (Å²) in [4.78, 5) is 13.7. The second-order valence-corrected chi connectivity index (χ2v) is 8.79. The first kappa shape index (κ1) is 19.4. The van der Waals surface area contributed by atoms with E-state index in [-0.39, 0.29) is 5.91 Å². The molecule has 0 aliphatic carbocycles. The van der Waals surface area contributed by atoms with E-state index in [2.05, 4.69) is 10.2 Å². The second kappa shape index (κ2) is 7.70. The molecule has 0 atom stereocenters. The van der Waals surface area contributed by atoms with Gasteiger partial charge in [0.25, 0.3) is 0 Å². The standard InChI is InChI=1S/C20H25N3O3S/c1-15-4-5-16(2)20(14-15)27(25,26)23-12-10-22(11-13-23)19-8-6-18(7-9-19)21-17(3)24/h4-9,14H,10-13H2,1-3H3,(H,21,24). The molecule has 1 aliphatic heterocycles. The molecule has 1 fully saturated rings. The Morgan fingerprint density at radius 1 is 0.963 bits per heavy atom. The molecule has 0 aromatic heterocycles. The molecule has 1 N–H and O–H groups in total. The molecule has 1 aliphatic rings. The highest BCUT2D eigenvalue weighted by atomic mass is 32.2. The normalized spacial score (nSPS) is 15.6. The van der Waals surface area contributed by atoms with Gasteiger partial charge in [0.2, 0.25) is 15.9 Å². The van der Waals surface area contributed by atoms with Gasteiger partial charge in [-0.25, -0.2) is 8.42 Å². The molecule has 2 aromatic rings. The predicted molar refractivity (Wildman–Crippen MR) is 108 cm³/mol. The zero-order chi connectivity index (χ0) is 19.6. The Bertz CT molecular complexity index is 931. The van der Waals surface area contributed by atoms with Gasteiger partial charge in [-0.05, 0) is 55.3 Å². The zero-order valence-corrected chi connectivity index (χ0v) is 16.7. The van der Waals surface area contributed by atoms with Crippen LogP contribution in [0, 0.1) is 13.8 Å². The van der Waals surface area contributed by atoms with E-state index in [1.165, 1.54) is 6.92 Å². The van der Waals surface area contributed by atoms with Crippen molar-refractivity contribution >= 4 is 27.3 Å². The molecule has 0 saturated carbocycles. The summed E-state index contributed by atoms with van der Waals surface area (Å²) >= 11 is 0. The van der Waals surface area contributed by atoms with Gasteiger partial charge >= 0.3 is 0 Å². The summed E-state index contributed by atoms with van der Waals surface area (Å²) < 4.78 is 27.6. The van der Waals surface area contributed by atoms with Crippen molar-refractivity contribution < 1.29 is 13.2 Å². The molecule has 144 valence electrons. The number of piperazine rings is 1. The van der Waals surface area contributed by atoms with Gasteiger partial charge in [0, 0.05) is 44.5 Å². The van der Waals surface area contributed by atoms with Crippen LogP contribution in [0.25, 0.3) is 0 Å². The van der Waals surface area contributed by atoms with E-state index in [1.807, 2.05) is 50.2 Å². The van der Waals surface area contributed by atoms with Gasteiger partial charge in [0.05, 0.1) is 4.90 Å². The summed E-state index contributed by atoms with van der Waals surface area (Å²) in [7, 11) is -3.48. The van der Waals surface area contributed by atoms with Crippen molar-refractivity contribution in [1.29, 1.82) is 0 Å². The Hall–Kier alpha value is -2.38. The second-order valence-electron chi connectivity index (χ2n) is 6.89. The molecule has 6 nitrogen and oxygen atoms in total. The third-order valence-corrected chi connectivity index (χ3v) is 6.79. The molecule has 3 rings (SSSR count). The fraction of sp³-hybridized carbons (Fsp3) is 0.350. The fourth-order valence-electron chi connectivity index (χ4n) is 3.27. The van der Waals surface area contributed by atoms with Crippen molar-refractivity contribution in [3.63, 3.8) is 0 Å². The minimum Gasteiger partial charge on any atom is -0.369 e. The van der Waals surface area contributed by atoms with Gasteiger partial charge < -0.3 is 10.2 Å². The van der Waals surface area contributed by atoms with Crippen LogP contribution in [-0.2, 0) is 14.8 Å². The maximum atomic E-state index is 13.0. The van der Waals surface area contributed by atoms with E-state index in [9.17, 15) is 13.2 Å². The number of benzene rings is 2. The van der Waals surface area contributed by atoms with Crippen LogP contribution in [0.2, 0.25) is 0 Å². The summed E-state index contributed by atoms with van der Waals surface area (Å²) in [6.45, 7) is 7.36. The Balaban J connectivity index is 1.69. The first-order valence-electron chi connectivity index (χ1n) is 8.97. The van der Waals surface area contributed by atoms with Gasteiger partial charge in [0.15, 0.2) is 0 Å². The van der Waals surface area contributed by atoms with E-state index in [1.54, 1.807) is 10.4 Å². The molecule has 0 unspecified atom stereocenters. The predicted octanol–water partition coefficient (Wildman–Crippen LogP) is 2.77. The van der Waals surface area contributed by atoms with Crippen LogP contribution in [0.15, 0.2) is 47.4 Å². The number of hydrogen-bond acceptors (Lipinski definition) is 4. The molecular weight excluding hydrogens is 362 g/mol. The molecule has 0 radical (unpaired) electrons. The first-order chi connectivity index (χ1) is 12.8. The number of nitrogens with zero attached hydrogens (tertiary/aromatic N) is 2. The van der Waals surface area contributed by atoms with Crippen LogP contribution in [0.3, 0.4) is 0 Å². The van der Waals surface area contributed by atoms with E-state index >= 15 is 0 Å². The van der Waals surface area contributed by atoms with Crippen LogP contribution < -0.4 is 10.2 Å². The average Bonchev–Trinajstić information content (AvgIpc) is 2.64. The number of anilines is 2. The summed E-state index contributed by atoms with van der Waals surface area (Å²) in [5.74, 6) is -0.104. The van der Waals surface area contributed by atoms with Crippen molar-refractivity contribution in [2.75, 3.05) is 36.4 Å². The Morgan fingerprint density at radius 3 is 2.19 bits per heavy atom. The lowest BCUT2D eigenvalue weighted by molar-refractivity contribution is -0.114. The van der Waals surface area contributed by atoms with Crippen molar-refractivity contribution in [3.05, 3.63) is 53.6 Å². The quantitative estimate of drug-likeness (QED) is 0.876. The lowest BCUT2D eigenvalue weighted by Gasteiger charge is -2.35. The molecule has 1 amide bonds. The van der Waals surface area contributed by atoms with Crippen LogP contribution >= 0.6 is 0 Å². The minimum atomic E-state index is -3.48. The average molecular weight is 388 g/mol. The highest BCUT2D eigenvalue weighted by molar-refractivity contribution is 7.89. The summed E-state index contributed by atoms with van der Waals surface area (Å²) in [6, 6.07) is 13.1. The highest BCUT2D eigenvalue weighted by Gasteiger charge is 2.29. The van der Waals surface area contributed by atoms with Gasteiger partial charge in [-0.2, -0.15) is 4.31 Å². The molecule has 0 bridgehead atoms. The number of sulfonamides is 1. The Kier molecular flexibility index (Phi) is 5.53. The monoisotopic (exact) mass is 387 g/mol. The van der Waals surface area contributed by atoms with Crippen molar-refractivity contribution in [3.8, 4) is 0 Å². The largest absolute Gasteiger partial charge is 0.369 e. The molecule has 0 spiro atoms. The van der Waals surface area contributed by atoms with Crippen molar-refractivity contribution in [1.82, 2.24) is 4.31 Å². The third-order valence-electron chi connectivity index (χ3n) is 4.75. The number of carbonyl (C=O) groups excluding carboxylic acids is 1. The molecular formula is C20H25N3O3S. The molecule has 27 heavy (non-hydrogen) atoms. The van der Waals surface area contributed by atoms with Crippen LogP contribution in [0.4, 0.5) is 11.4 Å². The van der Waals surface area contributed by atoms with Gasteiger partial charge in [-0.15, -0.1) is 0 Å². The van der Waals surface area contributed by atoms with Crippen molar-refractivity contribution in [2.45, 2.75) is 25.7 Å². The zero-order valence-electron chi connectivity index (χ0n) is 15.9. The number of rotatable bonds is 4. The minimum absolute atomic E-state index is 0.104. The van der Waals surface area contributed by atoms with Crippen molar-refractivity contribution in [2.24, 2.45) is 0 Å². The maximum Gasteiger partial charge on any atom is 0.243 e. The Labute approximate surface area is 160 Å². The first-order valence-corrected chi connectivity index (χ1v) is 10.4.